The highest BCUT2D eigenvalue weighted by molar-refractivity contribution is 5.75. The Kier molecular flexibility index (Phi) is 5.11. The molecule has 0 saturated carbocycles. The van der Waals surface area contributed by atoms with E-state index < -0.39 is 0 Å². The first kappa shape index (κ1) is 18.9. The molecule has 4 rings (SSSR count). The third kappa shape index (κ3) is 3.63. The summed E-state index contributed by atoms with van der Waals surface area (Å²) in [5.41, 5.74) is 3.49. The predicted octanol–water partition coefficient (Wildman–Crippen LogP) is 3.92. The van der Waals surface area contributed by atoms with Gasteiger partial charge in [0.05, 0.1) is 6.04 Å². The highest BCUT2D eigenvalue weighted by Crippen LogP contribution is 2.45. The second kappa shape index (κ2) is 7.55. The maximum atomic E-state index is 13.9. The zero-order valence-corrected chi connectivity index (χ0v) is 16.8. The molecule has 4 nitrogen and oxygen atoms in total. The lowest BCUT2D eigenvalue weighted by atomic mass is 9.89. The molecule has 148 valence electrons. The number of aryl methyl sites for hydroxylation is 1. The van der Waals surface area contributed by atoms with Crippen molar-refractivity contribution in [3.8, 4) is 0 Å². The molecule has 28 heavy (non-hydrogen) atoms. The molecule has 2 aliphatic heterocycles. The Labute approximate surface area is 166 Å². The second-order valence-electron chi connectivity index (χ2n) is 8.43. The standard InChI is InChI=1S/C23H28FN3O/c1-16-7-9-17(10-8-16)12-26-13-19-14-27(23(28)25(2)3)22(21(19)15-26)18-5-4-6-20(24)11-18/h4-11,19,21-22H,12-15H2,1-3H3/t19-,21-,22+/m1/s1. The second-order valence-corrected chi connectivity index (χ2v) is 8.43. The summed E-state index contributed by atoms with van der Waals surface area (Å²) in [5, 5.41) is 0. The van der Waals surface area contributed by atoms with Crippen LogP contribution >= 0.6 is 0 Å². The normalized spacial score (nSPS) is 24.4. The van der Waals surface area contributed by atoms with Crippen LogP contribution in [-0.2, 0) is 6.54 Å². The smallest absolute Gasteiger partial charge is 0.320 e. The summed E-state index contributed by atoms with van der Waals surface area (Å²) in [4.78, 5) is 18.8. The Morgan fingerprint density at radius 3 is 2.54 bits per heavy atom. The minimum absolute atomic E-state index is 0.00810. The number of carbonyl (C=O) groups excluding carboxylic acids is 1. The molecule has 3 atom stereocenters. The van der Waals surface area contributed by atoms with E-state index in [-0.39, 0.29) is 17.9 Å². The zero-order chi connectivity index (χ0) is 19.8. The third-order valence-corrected chi connectivity index (χ3v) is 6.09. The Morgan fingerprint density at radius 2 is 1.86 bits per heavy atom. The molecule has 2 heterocycles. The van der Waals surface area contributed by atoms with Crippen LogP contribution in [-0.4, -0.2) is 54.5 Å². The summed E-state index contributed by atoms with van der Waals surface area (Å²) in [7, 11) is 3.56. The van der Waals surface area contributed by atoms with Crippen molar-refractivity contribution in [2.75, 3.05) is 33.7 Å². The fourth-order valence-electron chi connectivity index (χ4n) is 4.79. The lowest BCUT2D eigenvalue weighted by Crippen LogP contribution is -2.41. The van der Waals surface area contributed by atoms with Gasteiger partial charge < -0.3 is 9.80 Å². The van der Waals surface area contributed by atoms with Crippen LogP contribution in [0, 0.1) is 24.6 Å². The van der Waals surface area contributed by atoms with Crippen molar-refractivity contribution < 1.29 is 9.18 Å². The van der Waals surface area contributed by atoms with Crippen LogP contribution in [0.3, 0.4) is 0 Å². The van der Waals surface area contributed by atoms with Crippen LogP contribution in [0.5, 0.6) is 0 Å². The van der Waals surface area contributed by atoms with Gasteiger partial charge in [0.2, 0.25) is 0 Å². The fraction of sp³-hybridized carbons (Fsp3) is 0.435. The Balaban J connectivity index is 1.56. The van der Waals surface area contributed by atoms with Gasteiger partial charge in [0.15, 0.2) is 0 Å². The van der Waals surface area contributed by atoms with Crippen molar-refractivity contribution in [2.24, 2.45) is 11.8 Å². The third-order valence-electron chi connectivity index (χ3n) is 6.09. The maximum absolute atomic E-state index is 13.9. The molecule has 0 radical (unpaired) electrons. The number of benzene rings is 2. The molecule has 0 aromatic heterocycles. The molecule has 0 unspecified atom stereocenters. The first-order valence-electron chi connectivity index (χ1n) is 9.93. The van der Waals surface area contributed by atoms with Crippen LogP contribution in [0.2, 0.25) is 0 Å². The van der Waals surface area contributed by atoms with E-state index in [1.165, 1.54) is 17.2 Å². The van der Waals surface area contributed by atoms with Crippen molar-refractivity contribution in [1.82, 2.24) is 14.7 Å². The average Bonchev–Trinajstić information content (AvgIpc) is 3.19. The van der Waals surface area contributed by atoms with Crippen molar-refractivity contribution in [1.29, 1.82) is 0 Å². The van der Waals surface area contributed by atoms with E-state index in [0.717, 1.165) is 31.7 Å². The molecule has 2 aromatic carbocycles. The molecule has 0 N–H and O–H groups in total. The van der Waals surface area contributed by atoms with Crippen molar-refractivity contribution >= 4 is 6.03 Å². The SMILES string of the molecule is Cc1ccc(CN2C[C@@H]3CN(C(=O)N(C)C)[C@@H](c4cccc(F)c4)[C@@H]3C2)cc1. The summed E-state index contributed by atoms with van der Waals surface area (Å²) in [6, 6.07) is 15.4. The summed E-state index contributed by atoms with van der Waals surface area (Å²) in [6.07, 6.45) is 0. The van der Waals surface area contributed by atoms with Gasteiger partial charge in [0.1, 0.15) is 5.82 Å². The lowest BCUT2D eigenvalue weighted by molar-refractivity contribution is 0.151. The molecule has 2 fully saturated rings. The topological polar surface area (TPSA) is 26.8 Å². The highest BCUT2D eigenvalue weighted by Gasteiger charge is 2.49. The van der Waals surface area contributed by atoms with E-state index in [1.807, 2.05) is 11.0 Å². The van der Waals surface area contributed by atoms with Crippen LogP contribution in [0.15, 0.2) is 48.5 Å². The van der Waals surface area contributed by atoms with Crippen LogP contribution < -0.4 is 0 Å². The van der Waals surface area contributed by atoms with E-state index >= 15 is 0 Å². The van der Waals surface area contributed by atoms with Crippen molar-refractivity contribution in [3.05, 3.63) is 71.0 Å². The molecule has 0 bridgehead atoms. The van der Waals surface area contributed by atoms with Gasteiger partial charge in [-0.05, 0) is 36.1 Å². The van der Waals surface area contributed by atoms with Crippen LogP contribution in [0.25, 0.3) is 0 Å². The molecule has 2 aromatic rings. The molecular weight excluding hydrogens is 353 g/mol. The number of hydrogen-bond donors (Lipinski definition) is 0. The molecule has 5 heteroatoms. The van der Waals surface area contributed by atoms with E-state index in [0.29, 0.717) is 11.8 Å². The molecule has 2 saturated heterocycles. The van der Waals surface area contributed by atoms with Gasteiger partial charge in [0, 0.05) is 46.2 Å². The van der Waals surface area contributed by atoms with Gasteiger partial charge in [-0.15, -0.1) is 0 Å². The van der Waals surface area contributed by atoms with E-state index in [2.05, 4.69) is 36.1 Å². The number of fused-ring (bicyclic) bond motifs is 1. The van der Waals surface area contributed by atoms with Crippen molar-refractivity contribution in [2.45, 2.75) is 19.5 Å². The largest absolute Gasteiger partial charge is 0.331 e. The van der Waals surface area contributed by atoms with E-state index in [1.54, 1.807) is 31.1 Å². The average molecular weight is 381 g/mol. The first-order valence-corrected chi connectivity index (χ1v) is 9.93. The Bertz CT molecular complexity index is 851. The highest BCUT2D eigenvalue weighted by atomic mass is 19.1. The predicted molar refractivity (Wildman–Crippen MR) is 108 cm³/mol. The molecule has 0 spiro atoms. The monoisotopic (exact) mass is 381 g/mol. The lowest BCUT2D eigenvalue weighted by Gasteiger charge is -2.32. The van der Waals surface area contributed by atoms with Crippen molar-refractivity contribution in [3.63, 3.8) is 0 Å². The van der Waals surface area contributed by atoms with Gasteiger partial charge in [0.25, 0.3) is 0 Å². The number of hydrogen-bond acceptors (Lipinski definition) is 2. The molecule has 0 aliphatic carbocycles. The van der Waals surface area contributed by atoms with Gasteiger partial charge in [-0.25, -0.2) is 9.18 Å². The van der Waals surface area contributed by atoms with Crippen LogP contribution in [0.4, 0.5) is 9.18 Å². The number of amides is 2. The maximum Gasteiger partial charge on any atom is 0.320 e. The van der Waals surface area contributed by atoms with E-state index in [4.69, 9.17) is 0 Å². The number of rotatable bonds is 3. The first-order chi connectivity index (χ1) is 13.4. The summed E-state index contributed by atoms with van der Waals surface area (Å²) in [6.45, 7) is 5.65. The fourth-order valence-corrected chi connectivity index (χ4v) is 4.79. The van der Waals surface area contributed by atoms with Crippen LogP contribution in [0.1, 0.15) is 22.7 Å². The Hall–Kier alpha value is -2.40. The summed E-state index contributed by atoms with van der Waals surface area (Å²) < 4.78 is 13.9. The number of carbonyl (C=O) groups is 1. The summed E-state index contributed by atoms with van der Waals surface area (Å²) >= 11 is 0. The number of nitrogens with zero attached hydrogens (tertiary/aromatic N) is 3. The zero-order valence-electron chi connectivity index (χ0n) is 16.8. The minimum Gasteiger partial charge on any atom is -0.331 e. The molecule has 2 amide bonds. The number of urea groups is 1. The van der Waals surface area contributed by atoms with Gasteiger partial charge in [-0.2, -0.15) is 0 Å². The molecular formula is C23H28FN3O. The minimum atomic E-state index is -0.243. The van der Waals surface area contributed by atoms with Gasteiger partial charge in [-0.1, -0.05) is 42.0 Å². The quantitative estimate of drug-likeness (QED) is 0.806. The number of halogens is 1. The van der Waals surface area contributed by atoms with Gasteiger partial charge in [-0.3, -0.25) is 4.90 Å². The van der Waals surface area contributed by atoms with Gasteiger partial charge >= 0.3 is 6.03 Å². The Morgan fingerprint density at radius 1 is 1.11 bits per heavy atom. The number of likely N-dealkylation sites (tertiary alicyclic amines) is 2. The summed E-state index contributed by atoms with van der Waals surface area (Å²) in [5.74, 6) is 0.506. The molecule has 2 aliphatic rings. The van der Waals surface area contributed by atoms with E-state index in [9.17, 15) is 9.18 Å².